The number of esters is 1. The normalized spacial score (nSPS) is 12.1. The first-order chi connectivity index (χ1) is 23.7. The number of ether oxygens (including phenoxy) is 2. The van der Waals surface area contributed by atoms with E-state index in [1.165, 1.54) is 212 Å². The van der Waals surface area contributed by atoms with Gasteiger partial charge in [0.25, 0.3) is 0 Å². The van der Waals surface area contributed by atoms with E-state index >= 15 is 0 Å². The minimum absolute atomic E-state index is 0.163. The van der Waals surface area contributed by atoms with Crippen molar-refractivity contribution in [3.8, 4) is 0 Å². The highest BCUT2D eigenvalue weighted by molar-refractivity contribution is 5.69. The predicted octanol–water partition coefficient (Wildman–Crippen LogP) is 14.4. The van der Waals surface area contributed by atoms with Crippen molar-refractivity contribution in [2.75, 3.05) is 19.8 Å². The Morgan fingerprint density at radius 3 is 0.979 bits per heavy atom. The molecule has 0 aliphatic carbocycles. The van der Waals surface area contributed by atoms with E-state index in [0.717, 1.165) is 19.3 Å². The van der Waals surface area contributed by atoms with E-state index in [1.54, 1.807) is 0 Å². The highest BCUT2D eigenvalue weighted by atomic mass is 16.6. The van der Waals surface area contributed by atoms with Crippen molar-refractivity contribution in [2.45, 2.75) is 258 Å². The lowest BCUT2D eigenvalue weighted by Gasteiger charge is -2.16. The van der Waals surface area contributed by atoms with Gasteiger partial charge in [-0.15, -0.1) is 0 Å². The van der Waals surface area contributed by atoms with E-state index in [-0.39, 0.29) is 12.6 Å². The molecule has 0 aromatic rings. The first kappa shape index (κ1) is 47.4. The van der Waals surface area contributed by atoms with Crippen LogP contribution in [0.15, 0.2) is 0 Å². The maximum absolute atomic E-state index is 12.1. The van der Waals surface area contributed by atoms with E-state index in [1.807, 2.05) is 0 Å². The molecule has 0 aromatic carbocycles. The second-order valence-corrected chi connectivity index (χ2v) is 15.1. The zero-order valence-corrected chi connectivity index (χ0v) is 33.0. The van der Waals surface area contributed by atoms with Gasteiger partial charge in [0.15, 0.2) is 0 Å². The maximum atomic E-state index is 12.1. The Morgan fingerprint density at radius 1 is 0.417 bits per heavy atom. The zero-order valence-electron chi connectivity index (χ0n) is 33.0. The summed E-state index contributed by atoms with van der Waals surface area (Å²) in [6.45, 7) is 5.38. The summed E-state index contributed by atoms with van der Waals surface area (Å²) in [6, 6.07) is 0. The molecule has 0 radical (unpaired) electrons. The molecule has 4 heteroatoms. The van der Waals surface area contributed by atoms with Crippen LogP contribution in [0.1, 0.15) is 251 Å². The van der Waals surface area contributed by atoms with Crippen LogP contribution in [0.4, 0.5) is 0 Å². The highest BCUT2D eigenvalue weighted by Gasteiger charge is 2.13. The summed E-state index contributed by atoms with van der Waals surface area (Å²) >= 11 is 0. The van der Waals surface area contributed by atoms with Crippen LogP contribution in [0.3, 0.4) is 0 Å². The molecule has 0 aliphatic rings. The van der Waals surface area contributed by atoms with E-state index in [4.69, 9.17) is 9.47 Å². The molecular formula is C44H88O4. The largest absolute Gasteiger partial charge is 0.457 e. The average molecular weight is 681 g/mol. The van der Waals surface area contributed by atoms with Gasteiger partial charge in [0.2, 0.25) is 0 Å². The summed E-state index contributed by atoms with van der Waals surface area (Å²) in [5.41, 5.74) is 0. The van der Waals surface area contributed by atoms with E-state index in [0.29, 0.717) is 19.6 Å². The Labute approximate surface area is 302 Å². The number of hydrogen-bond donors (Lipinski definition) is 1. The van der Waals surface area contributed by atoms with Gasteiger partial charge in [-0.2, -0.15) is 0 Å². The standard InChI is InChI=1S/C44H88O4/c1-3-5-7-9-11-13-15-16-17-18-19-20-21-22-23-24-25-26-27-28-29-30-32-34-36-38-40-47-42-43(41-45)48-44(46)39-37-35-33-31-14-12-10-8-6-4-2/h43,45H,3-42H2,1-2H3. The lowest BCUT2D eigenvalue weighted by molar-refractivity contribution is -0.154. The average Bonchev–Trinajstić information content (AvgIpc) is 3.09. The van der Waals surface area contributed by atoms with Gasteiger partial charge in [0, 0.05) is 13.0 Å². The first-order valence-corrected chi connectivity index (χ1v) is 22.1. The third-order valence-electron chi connectivity index (χ3n) is 10.2. The van der Waals surface area contributed by atoms with E-state index in [9.17, 15) is 9.90 Å². The van der Waals surface area contributed by atoms with Crippen molar-refractivity contribution in [1.82, 2.24) is 0 Å². The fraction of sp³-hybridized carbons (Fsp3) is 0.977. The van der Waals surface area contributed by atoms with Crippen molar-refractivity contribution >= 4 is 5.97 Å². The summed E-state index contributed by atoms with van der Waals surface area (Å²) in [6.07, 6.45) is 49.0. The van der Waals surface area contributed by atoms with Crippen molar-refractivity contribution in [3.63, 3.8) is 0 Å². The molecule has 0 spiro atoms. The molecule has 0 rings (SSSR count). The van der Waals surface area contributed by atoms with E-state index < -0.39 is 6.10 Å². The van der Waals surface area contributed by atoms with Crippen LogP contribution in [0.2, 0.25) is 0 Å². The molecule has 0 fully saturated rings. The number of aliphatic hydroxyl groups excluding tert-OH is 1. The number of rotatable bonds is 42. The second kappa shape index (κ2) is 42.6. The number of carbonyl (C=O) groups is 1. The Hall–Kier alpha value is -0.610. The number of hydrogen-bond acceptors (Lipinski definition) is 4. The fourth-order valence-electron chi connectivity index (χ4n) is 6.86. The molecule has 0 heterocycles. The summed E-state index contributed by atoms with van der Waals surface area (Å²) < 4.78 is 11.1. The molecule has 0 saturated carbocycles. The third kappa shape index (κ3) is 39.8. The number of unbranched alkanes of at least 4 members (excludes halogenated alkanes) is 34. The van der Waals surface area contributed by atoms with Crippen molar-refractivity contribution in [2.24, 2.45) is 0 Å². The van der Waals surface area contributed by atoms with Gasteiger partial charge < -0.3 is 14.6 Å². The molecule has 1 N–H and O–H groups in total. The topological polar surface area (TPSA) is 55.8 Å². The van der Waals surface area contributed by atoms with Gasteiger partial charge in [-0.25, -0.2) is 0 Å². The second-order valence-electron chi connectivity index (χ2n) is 15.1. The van der Waals surface area contributed by atoms with Gasteiger partial charge in [-0.3, -0.25) is 4.79 Å². The molecule has 1 atom stereocenters. The SMILES string of the molecule is CCCCCCCCCCCCCCCCCCCCCCCCCCCCOCC(CO)OC(=O)CCCCCCCCCCCC. The molecule has 0 bridgehead atoms. The van der Waals surface area contributed by atoms with Crippen LogP contribution in [-0.4, -0.2) is 37.0 Å². The predicted molar refractivity (Wildman–Crippen MR) is 210 cm³/mol. The molecule has 48 heavy (non-hydrogen) atoms. The third-order valence-corrected chi connectivity index (χ3v) is 10.2. The van der Waals surface area contributed by atoms with Crippen LogP contribution < -0.4 is 0 Å². The summed E-state index contributed by atoms with van der Waals surface area (Å²) in [5, 5.41) is 9.56. The summed E-state index contributed by atoms with van der Waals surface area (Å²) in [5.74, 6) is -0.197. The number of aliphatic hydroxyl groups is 1. The maximum Gasteiger partial charge on any atom is 0.306 e. The van der Waals surface area contributed by atoms with Crippen molar-refractivity contribution in [3.05, 3.63) is 0 Å². The highest BCUT2D eigenvalue weighted by Crippen LogP contribution is 2.16. The fourth-order valence-corrected chi connectivity index (χ4v) is 6.86. The van der Waals surface area contributed by atoms with Gasteiger partial charge in [-0.1, -0.05) is 232 Å². The zero-order chi connectivity index (χ0) is 34.9. The number of carbonyl (C=O) groups excluding carboxylic acids is 1. The minimum Gasteiger partial charge on any atom is -0.457 e. The lowest BCUT2D eigenvalue weighted by Crippen LogP contribution is -2.27. The molecule has 0 aromatic heterocycles. The molecule has 0 aliphatic heterocycles. The van der Waals surface area contributed by atoms with Gasteiger partial charge in [0.05, 0.1) is 13.2 Å². The van der Waals surface area contributed by atoms with Gasteiger partial charge in [0.1, 0.15) is 6.10 Å². The molecule has 288 valence electrons. The van der Waals surface area contributed by atoms with Crippen molar-refractivity contribution < 1.29 is 19.4 Å². The van der Waals surface area contributed by atoms with Crippen LogP contribution in [0, 0.1) is 0 Å². The van der Waals surface area contributed by atoms with Crippen LogP contribution in [0.5, 0.6) is 0 Å². The lowest BCUT2D eigenvalue weighted by atomic mass is 10.0. The van der Waals surface area contributed by atoms with Crippen LogP contribution in [-0.2, 0) is 14.3 Å². The van der Waals surface area contributed by atoms with Crippen LogP contribution >= 0.6 is 0 Å². The van der Waals surface area contributed by atoms with Gasteiger partial charge >= 0.3 is 5.97 Å². The molecule has 0 amide bonds. The van der Waals surface area contributed by atoms with Crippen molar-refractivity contribution in [1.29, 1.82) is 0 Å². The molecular weight excluding hydrogens is 592 g/mol. The first-order valence-electron chi connectivity index (χ1n) is 22.1. The minimum atomic E-state index is -0.523. The summed E-state index contributed by atoms with van der Waals surface area (Å²) in [7, 11) is 0. The van der Waals surface area contributed by atoms with Crippen LogP contribution in [0.25, 0.3) is 0 Å². The molecule has 0 saturated heterocycles. The molecule has 4 nitrogen and oxygen atoms in total. The quantitative estimate of drug-likeness (QED) is 0.0515. The summed E-state index contributed by atoms with van der Waals surface area (Å²) in [4.78, 5) is 12.1. The Kier molecular flexibility index (Phi) is 42.0. The Balaban J connectivity index is 3.28. The smallest absolute Gasteiger partial charge is 0.306 e. The Bertz CT molecular complexity index is 594. The van der Waals surface area contributed by atoms with E-state index in [2.05, 4.69) is 13.8 Å². The monoisotopic (exact) mass is 681 g/mol. The molecule has 1 unspecified atom stereocenters. The van der Waals surface area contributed by atoms with Gasteiger partial charge in [-0.05, 0) is 12.8 Å². The Morgan fingerprint density at radius 2 is 0.688 bits per heavy atom.